The summed E-state index contributed by atoms with van der Waals surface area (Å²) in [6, 6.07) is 20.1. The Labute approximate surface area is 140 Å². The van der Waals surface area contributed by atoms with E-state index in [1.165, 1.54) is 0 Å². The van der Waals surface area contributed by atoms with E-state index in [1.54, 1.807) is 24.3 Å². The molecule has 0 spiro atoms. The summed E-state index contributed by atoms with van der Waals surface area (Å²) in [6.07, 6.45) is 0. The Kier molecular flexibility index (Phi) is 3.50. The van der Waals surface area contributed by atoms with Gasteiger partial charge in [-0.05, 0) is 29.8 Å². The number of rotatable bonds is 2. The maximum atomic E-state index is 10.1. The Morgan fingerprint density at radius 2 is 1.75 bits per heavy atom. The number of aromatic hydroxyl groups is 2. The normalized spacial score (nSPS) is 15.9. The molecule has 0 bridgehead atoms. The zero-order valence-electron chi connectivity index (χ0n) is 12.9. The van der Waals surface area contributed by atoms with Crippen molar-refractivity contribution >= 4 is 5.69 Å². The maximum absolute atomic E-state index is 10.1. The minimum absolute atomic E-state index is 0.113. The van der Waals surface area contributed by atoms with Gasteiger partial charge in [0, 0.05) is 11.1 Å². The van der Waals surface area contributed by atoms with Gasteiger partial charge in [-0.3, -0.25) is 0 Å². The Hall–Kier alpha value is -3.14. The lowest BCUT2D eigenvalue weighted by Crippen LogP contribution is -2.24. The van der Waals surface area contributed by atoms with Crippen LogP contribution < -0.4 is 10.1 Å². The molecule has 24 heavy (non-hydrogen) atoms. The van der Waals surface area contributed by atoms with E-state index in [9.17, 15) is 10.2 Å². The molecule has 0 saturated heterocycles. The monoisotopic (exact) mass is 319 g/mol. The number of fused-ring (bicyclic) bond motifs is 1. The van der Waals surface area contributed by atoms with E-state index in [0.29, 0.717) is 6.61 Å². The highest BCUT2D eigenvalue weighted by Gasteiger charge is 2.24. The summed E-state index contributed by atoms with van der Waals surface area (Å²) in [7, 11) is 0. The lowest BCUT2D eigenvalue weighted by Gasteiger charge is -2.29. The molecule has 1 aliphatic rings. The second-order valence-electron chi connectivity index (χ2n) is 5.80. The Morgan fingerprint density at radius 3 is 2.58 bits per heavy atom. The van der Waals surface area contributed by atoms with Gasteiger partial charge >= 0.3 is 0 Å². The van der Waals surface area contributed by atoms with Crippen LogP contribution in [0.1, 0.15) is 11.6 Å². The van der Waals surface area contributed by atoms with E-state index < -0.39 is 0 Å². The third-order valence-electron chi connectivity index (χ3n) is 4.21. The number of hydrogen-bond donors (Lipinski definition) is 3. The van der Waals surface area contributed by atoms with Crippen LogP contribution >= 0.6 is 0 Å². The zero-order chi connectivity index (χ0) is 16.5. The number of anilines is 1. The average molecular weight is 319 g/mol. The van der Waals surface area contributed by atoms with E-state index in [1.807, 2.05) is 42.5 Å². The molecule has 0 fully saturated rings. The summed E-state index contributed by atoms with van der Waals surface area (Å²) in [5, 5.41) is 23.2. The largest absolute Gasteiger partial charge is 0.508 e. The quantitative estimate of drug-likeness (QED) is 0.658. The van der Waals surface area contributed by atoms with Crippen molar-refractivity contribution in [2.75, 3.05) is 11.9 Å². The topological polar surface area (TPSA) is 61.7 Å². The average Bonchev–Trinajstić information content (AvgIpc) is 2.61. The highest BCUT2D eigenvalue weighted by Crippen LogP contribution is 2.42. The Balaban J connectivity index is 1.71. The summed E-state index contributed by atoms with van der Waals surface area (Å²) >= 11 is 0. The zero-order valence-corrected chi connectivity index (χ0v) is 12.9. The highest BCUT2D eigenvalue weighted by atomic mass is 16.5. The van der Waals surface area contributed by atoms with Crippen molar-refractivity contribution in [2.45, 2.75) is 6.04 Å². The van der Waals surface area contributed by atoms with Gasteiger partial charge in [0.1, 0.15) is 23.9 Å². The van der Waals surface area contributed by atoms with Gasteiger partial charge in [-0.25, -0.2) is 0 Å². The van der Waals surface area contributed by atoms with E-state index in [2.05, 4.69) is 5.32 Å². The standard InChI is InChI=1S/C20H17NO3/c22-14-6-3-5-13(11-14)15-8-4-9-17-20(15)24-12-18(21-17)16-7-1-2-10-19(16)23/h1-11,18,21-23H,12H2. The van der Waals surface area contributed by atoms with Crippen LogP contribution in [0.3, 0.4) is 0 Å². The van der Waals surface area contributed by atoms with Gasteiger partial charge in [-0.2, -0.15) is 0 Å². The summed E-state index contributed by atoms with van der Waals surface area (Å²) in [4.78, 5) is 0. The molecular formula is C20H17NO3. The SMILES string of the molecule is Oc1cccc(-c2cccc3c2OCC(c2ccccc2O)N3)c1. The van der Waals surface area contributed by atoms with Crippen LogP contribution in [-0.2, 0) is 0 Å². The number of para-hydroxylation sites is 2. The summed E-state index contributed by atoms with van der Waals surface area (Å²) in [5.74, 6) is 1.24. The molecule has 0 aliphatic carbocycles. The van der Waals surface area contributed by atoms with Gasteiger partial charge in [0.15, 0.2) is 0 Å². The molecule has 1 aliphatic heterocycles. The lowest BCUT2D eigenvalue weighted by molar-refractivity contribution is 0.285. The molecule has 3 aromatic rings. The first kappa shape index (κ1) is 14.5. The van der Waals surface area contributed by atoms with E-state index in [-0.39, 0.29) is 17.5 Å². The molecule has 4 nitrogen and oxygen atoms in total. The summed E-state index contributed by atoms with van der Waals surface area (Å²) < 4.78 is 6.02. The molecule has 1 heterocycles. The molecule has 3 N–H and O–H groups in total. The van der Waals surface area contributed by atoms with Crippen molar-refractivity contribution in [3.8, 4) is 28.4 Å². The second-order valence-corrected chi connectivity index (χ2v) is 5.80. The molecule has 3 aromatic carbocycles. The van der Waals surface area contributed by atoms with Crippen molar-refractivity contribution in [3.63, 3.8) is 0 Å². The van der Waals surface area contributed by atoms with Gasteiger partial charge in [-0.1, -0.05) is 42.5 Å². The first-order valence-electron chi connectivity index (χ1n) is 7.82. The third kappa shape index (κ3) is 2.52. The van der Waals surface area contributed by atoms with Crippen molar-refractivity contribution in [3.05, 3.63) is 72.3 Å². The molecule has 1 unspecified atom stereocenters. The molecule has 0 saturated carbocycles. The van der Waals surface area contributed by atoms with Gasteiger partial charge < -0.3 is 20.3 Å². The number of nitrogens with one attached hydrogen (secondary N) is 1. The van der Waals surface area contributed by atoms with Crippen LogP contribution in [0.25, 0.3) is 11.1 Å². The summed E-state index contributed by atoms with van der Waals surface area (Å²) in [5.41, 5.74) is 3.50. The van der Waals surface area contributed by atoms with Gasteiger partial charge in [0.2, 0.25) is 0 Å². The van der Waals surface area contributed by atoms with Crippen LogP contribution in [0.4, 0.5) is 5.69 Å². The second kappa shape index (κ2) is 5.81. The minimum atomic E-state index is -0.113. The molecule has 0 radical (unpaired) electrons. The number of phenolic OH excluding ortho intramolecular Hbond substituents is 2. The van der Waals surface area contributed by atoms with Crippen molar-refractivity contribution in [1.82, 2.24) is 0 Å². The van der Waals surface area contributed by atoms with Crippen LogP contribution in [0.15, 0.2) is 66.7 Å². The fourth-order valence-corrected chi connectivity index (χ4v) is 3.05. The fourth-order valence-electron chi connectivity index (χ4n) is 3.05. The molecule has 0 aromatic heterocycles. The van der Waals surface area contributed by atoms with E-state index >= 15 is 0 Å². The van der Waals surface area contributed by atoms with Crippen molar-refractivity contribution < 1.29 is 14.9 Å². The molecule has 4 heteroatoms. The van der Waals surface area contributed by atoms with Crippen LogP contribution in [0.2, 0.25) is 0 Å². The first-order chi connectivity index (χ1) is 11.7. The van der Waals surface area contributed by atoms with Crippen molar-refractivity contribution in [2.24, 2.45) is 0 Å². The number of benzene rings is 3. The Bertz CT molecular complexity index is 892. The lowest BCUT2D eigenvalue weighted by atomic mass is 10.00. The smallest absolute Gasteiger partial charge is 0.150 e. The number of hydrogen-bond acceptors (Lipinski definition) is 4. The number of ether oxygens (including phenoxy) is 1. The predicted molar refractivity (Wildman–Crippen MR) is 93.5 cm³/mol. The van der Waals surface area contributed by atoms with Gasteiger partial charge in [0.25, 0.3) is 0 Å². The minimum Gasteiger partial charge on any atom is -0.508 e. The predicted octanol–water partition coefficient (Wildman–Crippen LogP) is 4.31. The van der Waals surface area contributed by atoms with Gasteiger partial charge in [0.05, 0.1) is 11.7 Å². The highest BCUT2D eigenvalue weighted by molar-refractivity contribution is 5.79. The fraction of sp³-hybridized carbons (Fsp3) is 0.100. The van der Waals surface area contributed by atoms with Crippen LogP contribution in [0, 0.1) is 0 Å². The maximum Gasteiger partial charge on any atom is 0.150 e. The van der Waals surface area contributed by atoms with Crippen molar-refractivity contribution in [1.29, 1.82) is 0 Å². The molecule has 120 valence electrons. The summed E-state index contributed by atoms with van der Waals surface area (Å²) in [6.45, 7) is 0.417. The van der Waals surface area contributed by atoms with Crippen LogP contribution in [0.5, 0.6) is 17.2 Å². The third-order valence-corrected chi connectivity index (χ3v) is 4.21. The van der Waals surface area contributed by atoms with E-state index in [4.69, 9.17) is 4.74 Å². The molecule has 4 rings (SSSR count). The Morgan fingerprint density at radius 1 is 0.917 bits per heavy atom. The molecular weight excluding hydrogens is 302 g/mol. The van der Waals surface area contributed by atoms with E-state index in [0.717, 1.165) is 28.1 Å². The molecule has 0 amide bonds. The number of phenols is 2. The molecule has 1 atom stereocenters. The first-order valence-corrected chi connectivity index (χ1v) is 7.82. The van der Waals surface area contributed by atoms with Crippen LogP contribution in [-0.4, -0.2) is 16.8 Å². The van der Waals surface area contributed by atoms with Gasteiger partial charge in [-0.15, -0.1) is 0 Å².